The summed E-state index contributed by atoms with van der Waals surface area (Å²) in [6.45, 7) is 1.61. The standard InChI is InChI=1S/C11H14ClNO3/c1-7(6-14)13-11(15)8-3-4-9(12)10(5-8)16-2/h3-5,7,14H,6H2,1-2H3,(H,13,15). The van der Waals surface area contributed by atoms with E-state index < -0.39 is 0 Å². The number of aliphatic hydroxyl groups is 1. The van der Waals surface area contributed by atoms with Gasteiger partial charge in [0, 0.05) is 11.6 Å². The lowest BCUT2D eigenvalue weighted by Gasteiger charge is -2.11. The maximum absolute atomic E-state index is 11.7. The van der Waals surface area contributed by atoms with Gasteiger partial charge in [0.2, 0.25) is 0 Å². The second-order valence-corrected chi connectivity index (χ2v) is 3.81. The molecule has 16 heavy (non-hydrogen) atoms. The molecule has 1 aromatic carbocycles. The van der Waals surface area contributed by atoms with Crippen molar-refractivity contribution in [2.24, 2.45) is 0 Å². The molecule has 0 fully saturated rings. The lowest BCUT2D eigenvalue weighted by atomic mass is 10.2. The summed E-state index contributed by atoms with van der Waals surface area (Å²) in [7, 11) is 1.49. The van der Waals surface area contributed by atoms with Gasteiger partial charge in [-0.15, -0.1) is 0 Å². The maximum atomic E-state index is 11.7. The van der Waals surface area contributed by atoms with Crippen molar-refractivity contribution in [3.63, 3.8) is 0 Å². The van der Waals surface area contributed by atoms with E-state index in [2.05, 4.69) is 5.32 Å². The van der Waals surface area contributed by atoms with Gasteiger partial charge in [-0.25, -0.2) is 0 Å². The molecule has 88 valence electrons. The number of ether oxygens (including phenoxy) is 1. The van der Waals surface area contributed by atoms with Crippen LogP contribution in [0.25, 0.3) is 0 Å². The largest absolute Gasteiger partial charge is 0.495 e. The molecular weight excluding hydrogens is 230 g/mol. The second kappa shape index (κ2) is 5.72. The van der Waals surface area contributed by atoms with Crippen molar-refractivity contribution in [1.82, 2.24) is 5.32 Å². The van der Waals surface area contributed by atoms with Crippen molar-refractivity contribution in [3.8, 4) is 5.75 Å². The first-order valence-electron chi connectivity index (χ1n) is 4.83. The van der Waals surface area contributed by atoms with E-state index in [0.29, 0.717) is 16.3 Å². The fourth-order valence-electron chi connectivity index (χ4n) is 1.15. The van der Waals surface area contributed by atoms with E-state index in [1.165, 1.54) is 7.11 Å². The number of nitrogens with one attached hydrogen (secondary N) is 1. The molecule has 1 aromatic rings. The van der Waals surface area contributed by atoms with Gasteiger partial charge in [-0.2, -0.15) is 0 Å². The molecule has 2 N–H and O–H groups in total. The topological polar surface area (TPSA) is 58.6 Å². The number of rotatable bonds is 4. The Bertz CT molecular complexity index is 381. The third-order valence-corrected chi connectivity index (χ3v) is 2.38. The number of amides is 1. The first-order valence-corrected chi connectivity index (χ1v) is 5.21. The van der Waals surface area contributed by atoms with E-state index in [-0.39, 0.29) is 18.6 Å². The number of aliphatic hydroxyl groups excluding tert-OH is 1. The Kier molecular flexibility index (Phi) is 4.58. The fourth-order valence-corrected chi connectivity index (χ4v) is 1.35. The van der Waals surface area contributed by atoms with Crippen LogP contribution >= 0.6 is 11.6 Å². The third-order valence-electron chi connectivity index (χ3n) is 2.06. The van der Waals surface area contributed by atoms with Gasteiger partial charge < -0.3 is 15.2 Å². The van der Waals surface area contributed by atoms with Crippen LogP contribution in [0.3, 0.4) is 0 Å². The molecule has 0 aliphatic heterocycles. The zero-order valence-corrected chi connectivity index (χ0v) is 9.91. The molecule has 5 heteroatoms. The van der Waals surface area contributed by atoms with Crippen LogP contribution in [-0.4, -0.2) is 30.8 Å². The molecule has 0 saturated heterocycles. The van der Waals surface area contributed by atoms with Crippen LogP contribution in [0.5, 0.6) is 5.75 Å². The third kappa shape index (κ3) is 3.12. The lowest BCUT2D eigenvalue weighted by molar-refractivity contribution is 0.0922. The average Bonchev–Trinajstić information content (AvgIpc) is 2.29. The summed E-state index contributed by atoms with van der Waals surface area (Å²) in [4.78, 5) is 11.7. The Morgan fingerprint density at radius 3 is 2.88 bits per heavy atom. The molecule has 0 saturated carbocycles. The van der Waals surface area contributed by atoms with E-state index in [9.17, 15) is 4.79 Å². The summed E-state index contributed by atoms with van der Waals surface area (Å²) in [5.74, 6) is 0.183. The maximum Gasteiger partial charge on any atom is 0.251 e. The molecule has 0 aliphatic rings. The van der Waals surface area contributed by atoms with E-state index in [4.69, 9.17) is 21.4 Å². The Labute approximate surface area is 99.2 Å². The smallest absolute Gasteiger partial charge is 0.251 e. The van der Waals surface area contributed by atoms with Gasteiger partial charge >= 0.3 is 0 Å². The highest BCUT2D eigenvalue weighted by molar-refractivity contribution is 6.32. The zero-order chi connectivity index (χ0) is 12.1. The number of carbonyl (C=O) groups is 1. The molecule has 0 radical (unpaired) electrons. The average molecular weight is 244 g/mol. The molecule has 1 unspecified atom stereocenters. The summed E-state index contributed by atoms with van der Waals surface area (Å²) >= 11 is 5.84. The Morgan fingerprint density at radius 1 is 1.62 bits per heavy atom. The highest BCUT2D eigenvalue weighted by atomic mass is 35.5. The predicted molar refractivity (Wildman–Crippen MR) is 62.0 cm³/mol. The normalized spacial score (nSPS) is 12.0. The van der Waals surface area contributed by atoms with Crippen molar-refractivity contribution in [3.05, 3.63) is 28.8 Å². The number of hydrogen-bond acceptors (Lipinski definition) is 3. The molecule has 0 aliphatic carbocycles. The molecule has 1 atom stereocenters. The van der Waals surface area contributed by atoms with Crippen LogP contribution in [0.15, 0.2) is 18.2 Å². The Hall–Kier alpha value is -1.26. The van der Waals surface area contributed by atoms with Crippen molar-refractivity contribution < 1.29 is 14.6 Å². The SMILES string of the molecule is COc1cc(C(=O)NC(C)CO)ccc1Cl. The van der Waals surface area contributed by atoms with Crippen LogP contribution in [0.4, 0.5) is 0 Å². The summed E-state index contributed by atoms with van der Waals surface area (Å²) in [5.41, 5.74) is 0.446. The summed E-state index contributed by atoms with van der Waals surface area (Å²) in [6.07, 6.45) is 0. The first-order chi connectivity index (χ1) is 7.58. The lowest BCUT2D eigenvalue weighted by Crippen LogP contribution is -2.34. The highest BCUT2D eigenvalue weighted by Gasteiger charge is 2.11. The molecule has 1 amide bonds. The molecule has 0 aromatic heterocycles. The van der Waals surface area contributed by atoms with Crippen LogP contribution < -0.4 is 10.1 Å². The van der Waals surface area contributed by atoms with Gasteiger partial charge in [0.15, 0.2) is 0 Å². The number of benzene rings is 1. The molecule has 0 heterocycles. The van der Waals surface area contributed by atoms with Crippen molar-refractivity contribution in [2.75, 3.05) is 13.7 Å². The Balaban J connectivity index is 2.84. The zero-order valence-electron chi connectivity index (χ0n) is 9.16. The first kappa shape index (κ1) is 12.8. The van der Waals surface area contributed by atoms with Gasteiger partial charge in [0.05, 0.1) is 18.7 Å². The second-order valence-electron chi connectivity index (χ2n) is 3.41. The van der Waals surface area contributed by atoms with E-state index in [1.807, 2.05) is 0 Å². The minimum absolute atomic E-state index is 0.101. The molecule has 0 bridgehead atoms. The molecule has 0 spiro atoms. The van der Waals surface area contributed by atoms with Crippen LogP contribution in [0, 0.1) is 0 Å². The summed E-state index contributed by atoms with van der Waals surface area (Å²) in [5, 5.41) is 11.9. The van der Waals surface area contributed by atoms with Gasteiger partial charge in [0.1, 0.15) is 5.75 Å². The minimum Gasteiger partial charge on any atom is -0.495 e. The monoisotopic (exact) mass is 243 g/mol. The van der Waals surface area contributed by atoms with Crippen molar-refractivity contribution in [2.45, 2.75) is 13.0 Å². The van der Waals surface area contributed by atoms with Gasteiger partial charge in [-0.1, -0.05) is 11.6 Å². The van der Waals surface area contributed by atoms with Crippen LogP contribution in [0.1, 0.15) is 17.3 Å². The quantitative estimate of drug-likeness (QED) is 0.842. The number of halogens is 1. The number of methoxy groups -OCH3 is 1. The minimum atomic E-state index is -0.283. The van der Waals surface area contributed by atoms with E-state index >= 15 is 0 Å². The number of carbonyl (C=O) groups excluding carboxylic acids is 1. The highest BCUT2D eigenvalue weighted by Crippen LogP contribution is 2.24. The van der Waals surface area contributed by atoms with Crippen LogP contribution in [-0.2, 0) is 0 Å². The van der Waals surface area contributed by atoms with Gasteiger partial charge in [-0.05, 0) is 25.1 Å². The fraction of sp³-hybridized carbons (Fsp3) is 0.364. The molecule has 4 nitrogen and oxygen atoms in total. The summed E-state index contributed by atoms with van der Waals surface area (Å²) in [6, 6.07) is 4.47. The van der Waals surface area contributed by atoms with Gasteiger partial charge in [0.25, 0.3) is 5.91 Å². The van der Waals surface area contributed by atoms with Crippen LogP contribution in [0.2, 0.25) is 5.02 Å². The summed E-state index contributed by atoms with van der Waals surface area (Å²) < 4.78 is 5.01. The van der Waals surface area contributed by atoms with Gasteiger partial charge in [-0.3, -0.25) is 4.79 Å². The molecule has 1 rings (SSSR count). The Morgan fingerprint density at radius 2 is 2.31 bits per heavy atom. The molecular formula is C11H14ClNO3. The van der Waals surface area contributed by atoms with E-state index in [0.717, 1.165) is 0 Å². The van der Waals surface area contributed by atoms with Crippen molar-refractivity contribution >= 4 is 17.5 Å². The van der Waals surface area contributed by atoms with Crippen molar-refractivity contribution in [1.29, 1.82) is 0 Å². The predicted octanol–water partition coefficient (Wildman–Crippen LogP) is 1.46. The van der Waals surface area contributed by atoms with E-state index in [1.54, 1.807) is 25.1 Å². The number of hydrogen-bond donors (Lipinski definition) is 2.